The molecule has 0 saturated carbocycles. The second kappa shape index (κ2) is 5.41. The maximum atomic E-state index is 12.5. The molecule has 0 bridgehead atoms. The highest BCUT2D eigenvalue weighted by Gasteiger charge is 2.49. The van der Waals surface area contributed by atoms with Gasteiger partial charge in [-0.25, -0.2) is 0 Å². The molecule has 0 N–H and O–H groups in total. The Hall–Kier alpha value is 0.520. The van der Waals surface area contributed by atoms with Crippen LogP contribution in [0.2, 0.25) is 0 Å². The average Bonchev–Trinajstić information content (AvgIpc) is 2.02. The topological polar surface area (TPSA) is 0 Å². The van der Waals surface area contributed by atoms with Crippen molar-refractivity contribution in [1.82, 2.24) is 0 Å². The van der Waals surface area contributed by atoms with Crippen LogP contribution in [0.1, 0.15) is 39.5 Å². The largest absolute Gasteiger partial charge is 0.394 e. The summed E-state index contributed by atoms with van der Waals surface area (Å²) >= 11 is 1.82. The van der Waals surface area contributed by atoms with Crippen molar-refractivity contribution in [3.63, 3.8) is 0 Å². The average molecular weight is 308 g/mol. The van der Waals surface area contributed by atoms with Crippen molar-refractivity contribution in [2.24, 2.45) is 5.41 Å². The van der Waals surface area contributed by atoms with Gasteiger partial charge in [0.2, 0.25) is 0 Å². The lowest BCUT2D eigenvalue weighted by atomic mass is 9.86. The first-order valence-corrected chi connectivity index (χ1v) is 6.02. The summed E-state index contributed by atoms with van der Waals surface area (Å²) in [5.74, 6) is 0. The zero-order chi connectivity index (χ0) is 10.5. The van der Waals surface area contributed by atoms with Crippen LogP contribution in [0.4, 0.5) is 13.2 Å². The van der Waals surface area contributed by atoms with E-state index in [9.17, 15) is 13.2 Å². The van der Waals surface area contributed by atoms with E-state index in [1.807, 2.05) is 29.5 Å². The Morgan fingerprint density at radius 2 is 1.69 bits per heavy atom. The molecule has 0 fully saturated rings. The molecule has 0 saturated heterocycles. The number of alkyl halides is 4. The maximum Gasteiger partial charge on any atom is 0.394 e. The van der Waals surface area contributed by atoms with E-state index in [2.05, 4.69) is 0 Å². The van der Waals surface area contributed by atoms with Gasteiger partial charge in [-0.15, -0.1) is 0 Å². The van der Waals surface area contributed by atoms with Gasteiger partial charge in [-0.2, -0.15) is 13.2 Å². The number of hydrogen-bond acceptors (Lipinski definition) is 0. The number of halogens is 4. The smallest absolute Gasteiger partial charge is 0.170 e. The standard InChI is InChI=1S/C9H16F3I/c1-3-4-5-6-8(2,7-13)9(10,11)12/h3-7H2,1-2H3/t8-/m0/s1. The minimum Gasteiger partial charge on any atom is -0.170 e. The van der Waals surface area contributed by atoms with Gasteiger partial charge in [-0.1, -0.05) is 55.7 Å². The van der Waals surface area contributed by atoms with Crippen molar-refractivity contribution in [2.45, 2.75) is 45.7 Å². The summed E-state index contributed by atoms with van der Waals surface area (Å²) < 4.78 is 37.7. The third-order valence-electron chi connectivity index (χ3n) is 2.31. The Balaban J connectivity index is 4.13. The summed E-state index contributed by atoms with van der Waals surface area (Å²) in [5.41, 5.74) is -1.48. The summed E-state index contributed by atoms with van der Waals surface area (Å²) in [5, 5.41) is 0. The molecular weight excluding hydrogens is 292 g/mol. The first-order valence-electron chi connectivity index (χ1n) is 4.50. The Kier molecular flexibility index (Phi) is 5.63. The molecular formula is C9H16F3I. The fourth-order valence-electron chi connectivity index (χ4n) is 1.05. The van der Waals surface area contributed by atoms with Crippen molar-refractivity contribution in [2.75, 3.05) is 4.43 Å². The van der Waals surface area contributed by atoms with Gasteiger partial charge in [0.1, 0.15) is 0 Å². The number of hydrogen-bond donors (Lipinski definition) is 0. The molecule has 0 amide bonds. The van der Waals surface area contributed by atoms with E-state index in [0.717, 1.165) is 12.8 Å². The van der Waals surface area contributed by atoms with Gasteiger partial charge in [0, 0.05) is 4.43 Å². The number of unbranched alkanes of at least 4 members (excludes halogenated alkanes) is 2. The van der Waals surface area contributed by atoms with E-state index in [1.54, 1.807) is 0 Å². The predicted molar refractivity (Wildman–Crippen MR) is 57.2 cm³/mol. The summed E-state index contributed by atoms with van der Waals surface area (Å²) in [6.07, 6.45) is -1.26. The normalized spacial score (nSPS) is 17.1. The van der Waals surface area contributed by atoms with Crippen LogP contribution in [0.15, 0.2) is 0 Å². The molecule has 0 rings (SSSR count). The zero-order valence-corrected chi connectivity index (χ0v) is 10.2. The zero-order valence-electron chi connectivity index (χ0n) is 8.05. The maximum absolute atomic E-state index is 12.5. The molecule has 4 heteroatoms. The molecule has 0 aromatic heterocycles. The second-order valence-corrected chi connectivity index (χ2v) is 4.41. The summed E-state index contributed by atoms with van der Waals surface area (Å²) in [6, 6.07) is 0. The highest BCUT2D eigenvalue weighted by Crippen LogP contribution is 2.43. The van der Waals surface area contributed by atoms with Crippen molar-refractivity contribution >= 4 is 22.6 Å². The van der Waals surface area contributed by atoms with E-state index >= 15 is 0 Å². The molecule has 0 aliphatic heterocycles. The first kappa shape index (κ1) is 13.5. The summed E-state index contributed by atoms with van der Waals surface area (Å²) in [6.45, 7) is 3.31. The van der Waals surface area contributed by atoms with Crippen LogP contribution < -0.4 is 0 Å². The lowest BCUT2D eigenvalue weighted by Crippen LogP contribution is -2.36. The van der Waals surface area contributed by atoms with E-state index in [0.29, 0.717) is 6.42 Å². The minimum atomic E-state index is -4.05. The van der Waals surface area contributed by atoms with Crippen LogP contribution >= 0.6 is 22.6 Å². The molecule has 0 unspecified atom stereocenters. The quantitative estimate of drug-likeness (QED) is 0.396. The van der Waals surface area contributed by atoms with E-state index in [4.69, 9.17) is 0 Å². The van der Waals surface area contributed by atoms with Crippen LogP contribution in [-0.4, -0.2) is 10.6 Å². The van der Waals surface area contributed by atoms with Gasteiger partial charge >= 0.3 is 6.18 Å². The van der Waals surface area contributed by atoms with Crippen LogP contribution in [0.5, 0.6) is 0 Å². The molecule has 0 nitrogen and oxygen atoms in total. The SMILES string of the molecule is CCCCC[C@@](C)(CI)C(F)(F)F. The van der Waals surface area contributed by atoms with Gasteiger partial charge in [0.25, 0.3) is 0 Å². The Bertz CT molecular complexity index is 144. The Morgan fingerprint density at radius 3 is 2.00 bits per heavy atom. The molecule has 0 aliphatic carbocycles. The molecule has 1 atom stereocenters. The summed E-state index contributed by atoms with van der Waals surface area (Å²) in [7, 11) is 0. The van der Waals surface area contributed by atoms with Crippen LogP contribution in [0, 0.1) is 5.41 Å². The van der Waals surface area contributed by atoms with E-state index in [1.165, 1.54) is 6.92 Å². The van der Waals surface area contributed by atoms with Crippen molar-refractivity contribution in [3.8, 4) is 0 Å². The van der Waals surface area contributed by atoms with Gasteiger partial charge in [0.15, 0.2) is 0 Å². The lowest BCUT2D eigenvalue weighted by molar-refractivity contribution is -0.210. The van der Waals surface area contributed by atoms with Crippen LogP contribution in [-0.2, 0) is 0 Å². The third-order valence-corrected chi connectivity index (χ3v) is 3.99. The van der Waals surface area contributed by atoms with E-state index < -0.39 is 11.6 Å². The highest BCUT2D eigenvalue weighted by molar-refractivity contribution is 14.1. The first-order chi connectivity index (χ1) is 5.87. The molecule has 0 radical (unpaired) electrons. The molecule has 0 aromatic rings. The van der Waals surface area contributed by atoms with Crippen molar-refractivity contribution < 1.29 is 13.2 Å². The second-order valence-electron chi connectivity index (χ2n) is 3.65. The predicted octanol–water partition coefficient (Wildman–Crippen LogP) is 4.57. The van der Waals surface area contributed by atoms with Gasteiger partial charge in [-0.05, 0) is 6.42 Å². The van der Waals surface area contributed by atoms with Gasteiger partial charge in [0.05, 0.1) is 5.41 Å². The molecule has 0 aromatic carbocycles. The van der Waals surface area contributed by atoms with Crippen molar-refractivity contribution in [1.29, 1.82) is 0 Å². The van der Waals surface area contributed by atoms with Crippen LogP contribution in [0.3, 0.4) is 0 Å². The monoisotopic (exact) mass is 308 g/mol. The van der Waals surface area contributed by atoms with Gasteiger partial charge in [-0.3, -0.25) is 0 Å². The molecule has 80 valence electrons. The highest BCUT2D eigenvalue weighted by atomic mass is 127. The molecule has 13 heavy (non-hydrogen) atoms. The molecule has 0 heterocycles. The molecule has 0 aliphatic rings. The summed E-state index contributed by atoms with van der Waals surface area (Å²) in [4.78, 5) is 0. The fourth-order valence-corrected chi connectivity index (χ4v) is 1.86. The number of rotatable bonds is 5. The Labute approximate surface area is 91.4 Å². The van der Waals surface area contributed by atoms with E-state index in [-0.39, 0.29) is 10.8 Å². The third kappa shape index (κ3) is 4.04. The lowest BCUT2D eigenvalue weighted by Gasteiger charge is -2.30. The molecule has 0 spiro atoms. The fraction of sp³-hybridized carbons (Fsp3) is 1.00. The van der Waals surface area contributed by atoms with Crippen molar-refractivity contribution in [3.05, 3.63) is 0 Å². The Morgan fingerprint density at radius 1 is 1.15 bits per heavy atom. The minimum absolute atomic E-state index is 0.151. The van der Waals surface area contributed by atoms with Crippen LogP contribution in [0.25, 0.3) is 0 Å². The van der Waals surface area contributed by atoms with Gasteiger partial charge < -0.3 is 0 Å².